The molecule has 0 aromatic rings. The van der Waals surface area contributed by atoms with Gasteiger partial charge < -0.3 is 19.4 Å². The van der Waals surface area contributed by atoms with Gasteiger partial charge in [-0.15, -0.1) is 0 Å². The van der Waals surface area contributed by atoms with Gasteiger partial charge in [-0.05, 0) is 48.9 Å². The molecule has 5 nitrogen and oxygen atoms in total. The third kappa shape index (κ3) is 1.84. The molecule has 3 unspecified atom stereocenters. The molecule has 27 heavy (non-hydrogen) atoms. The molecule has 3 fully saturated rings. The number of aliphatic carboxylic acids is 1. The number of allylic oxidation sites excluding steroid dienone is 1. The lowest BCUT2D eigenvalue weighted by molar-refractivity contribution is -0.185. The summed E-state index contributed by atoms with van der Waals surface area (Å²) in [6.07, 6.45) is 5.52. The summed E-state index contributed by atoms with van der Waals surface area (Å²) in [5.41, 5.74) is -1.60. The molecule has 8 atom stereocenters. The van der Waals surface area contributed by atoms with Gasteiger partial charge in [0.15, 0.2) is 0 Å². The number of carbonyl (C=O) groups is 2. The van der Waals surface area contributed by atoms with Crippen molar-refractivity contribution in [1.29, 1.82) is 0 Å². The zero-order chi connectivity index (χ0) is 19.8. The van der Waals surface area contributed by atoms with Gasteiger partial charge >= 0.3 is 5.97 Å². The van der Waals surface area contributed by atoms with E-state index in [0.717, 1.165) is 24.7 Å². The second kappa shape index (κ2) is 5.90. The van der Waals surface area contributed by atoms with Gasteiger partial charge in [-0.3, -0.25) is 4.79 Å². The molecular formula is C22H32O5. The fourth-order valence-electron chi connectivity index (χ4n) is 8.15. The van der Waals surface area contributed by atoms with E-state index >= 15 is 0 Å². The maximum atomic E-state index is 13.1. The lowest BCUT2D eigenvalue weighted by Gasteiger charge is -2.58. The molecule has 4 bridgehead atoms. The molecule has 0 radical (unpaired) electrons. The minimum atomic E-state index is -1.15. The first-order valence-corrected chi connectivity index (χ1v) is 10.2. The summed E-state index contributed by atoms with van der Waals surface area (Å²) in [4.78, 5) is 25.9. The van der Waals surface area contributed by atoms with Crippen LogP contribution in [0.15, 0.2) is 11.6 Å². The Bertz CT molecular complexity index is 699. The summed E-state index contributed by atoms with van der Waals surface area (Å²) >= 11 is 0. The Morgan fingerprint density at radius 3 is 2.59 bits per heavy atom. The minimum Gasteiger partial charge on any atom is -0.481 e. The number of carboxylic acids is 1. The smallest absolute Gasteiger partial charge is 0.315 e. The van der Waals surface area contributed by atoms with E-state index < -0.39 is 22.2 Å². The van der Waals surface area contributed by atoms with Gasteiger partial charge in [0, 0.05) is 19.6 Å². The van der Waals surface area contributed by atoms with Crippen molar-refractivity contribution in [3.05, 3.63) is 11.6 Å². The molecule has 0 amide bonds. The lowest BCUT2D eigenvalue weighted by atomic mass is 9.43. The number of hydrogen-bond donors (Lipinski definition) is 1. The van der Waals surface area contributed by atoms with Crippen LogP contribution in [0.1, 0.15) is 40.0 Å². The highest BCUT2D eigenvalue weighted by Gasteiger charge is 2.84. The zero-order valence-electron chi connectivity index (χ0n) is 17.0. The summed E-state index contributed by atoms with van der Waals surface area (Å²) in [5.74, 6) is 0.0296. The quantitative estimate of drug-likeness (QED) is 0.569. The third-order valence-electron chi connectivity index (χ3n) is 8.91. The second-order valence-electron chi connectivity index (χ2n) is 9.73. The molecule has 4 aliphatic carbocycles. The second-order valence-corrected chi connectivity index (χ2v) is 9.73. The molecule has 3 saturated carbocycles. The van der Waals surface area contributed by atoms with Crippen LogP contribution in [0, 0.1) is 45.8 Å². The van der Waals surface area contributed by atoms with E-state index in [1.165, 1.54) is 0 Å². The molecule has 4 aliphatic rings. The number of rotatable bonds is 6. The van der Waals surface area contributed by atoms with Crippen LogP contribution < -0.4 is 0 Å². The maximum absolute atomic E-state index is 13.1. The van der Waals surface area contributed by atoms with Crippen molar-refractivity contribution in [2.75, 3.05) is 20.8 Å². The Hall–Kier alpha value is -1.20. The van der Waals surface area contributed by atoms with E-state index in [4.69, 9.17) is 9.47 Å². The number of hydrogen-bond acceptors (Lipinski definition) is 4. The first-order chi connectivity index (χ1) is 12.8. The lowest BCUT2D eigenvalue weighted by Crippen LogP contribution is -2.63. The molecule has 1 N–H and O–H groups in total. The normalized spacial score (nSPS) is 50.0. The number of aldehydes is 1. The Kier molecular flexibility index (Phi) is 4.18. The average Bonchev–Trinajstić information content (AvgIpc) is 3.16. The van der Waals surface area contributed by atoms with Crippen molar-refractivity contribution in [1.82, 2.24) is 0 Å². The van der Waals surface area contributed by atoms with Gasteiger partial charge in [-0.25, -0.2) is 0 Å². The summed E-state index contributed by atoms with van der Waals surface area (Å²) in [6.45, 7) is 6.70. The molecule has 4 rings (SSSR count). The molecule has 5 heteroatoms. The molecule has 0 saturated heterocycles. The van der Waals surface area contributed by atoms with Crippen LogP contribution in [0.25, 0.3) is 0 Å². The van der Waals surface area contributed by atoms with Crippen molar-refractivity contribution >= 4 is 12.3 Å². The summed E-state index contributed by atoms with van der Waals surface area (Å²) < 4.78 is 11.4. The van der Waals surface area contributed by atoms with Gasteiger partial charge in [0.05, 0.1) is 18.1 Å². The number of methoxy groups -OCH3 is 2. The first-order valence-electron chi connectivity index (χ1n) is 10.2. The molecule has 150 valence electrons. The van der Waals surface area contributed by atoms with Crippen molar-refractivity contribution < 1.29 is 24.2 Å². The summed E-state index contributed by atoms with van der Waals surface area (Å²) in [5, 5.41) is 10.7. The molecule has 0 spiro atoms. The Morgan fingerprint density at radius 2 is 2.07 bits per heavy atom. The van der Waals surface area contributed by atoms with Crippen molar-refractivity contribution in [2.24, 2.45) is 45.8 Å². The molecule has 0 aromatic carbocycles. The Balaban J connectivity index is 1.99. The predicted octanol–water partition coefficient (Wildman–Crippen LogP) is 3.18. The van der Waals surface area contributed by atoms with Gasteiger partial charge in [-0.2, -0.15) is 0 Å². The van der Waals surface area contributed by atoms with Crippen LogP contribution in [0.3, 0.4) is 0 Å². The molecular weight excluding hydrogens is 344 g/mol. The Morgan fingerprint density at radius 1 is 1.37 bits per heavy atom. The number of ether oxygens (including phenoxy) is 2. The van der Waals surface area contributed by atoms with E-state index in [1.807, 2.05) is 0 Å². The number of carbonyl (C=O) groups excluding carboxylic acids is 1. The highest BCUT2D eigenvalue weighted by molar-refractivity contribution is 5.90. The average molecular weight is 376 g/mol. The minimum absolute atomic E-state index is 0.0588. The van der Waals surface area contributed by atoms with E-state index in [2.05, 4.69) is 26.8 Å². The predicted molar refractivity (Wildman–Crippen MR) is 100 cm³/mol. The first kappa shape index (κ1) is 19.1. The molecule has 0 heterocycles. The van der Waals surface area contributed by atoms with Gasteiger partial charge in [0.2, 0.25) is 0 Å². The number of fused-ring (bicyclic) bond motifs is 2. The van der Waals surface area contributed by atoms with Crippen LogP contribution in [-0.2, 0) is 19.1 Å². The van der Waals surface area contributed by atoms with Crippen molar-refractivity contribution in [2.45, 2.75) is 46.1 Å². The van der Waals surface area contributed by atoms with Crippen molar-refractivity contribution in [3.8, 4) is 0 Å². The summed E-state index contributed by atoms with van der Waals surface area (Å²) in [7, 11) is 3.38. The SMILES string of the molecule is COCC12CC3C(C[C@H](OC)[C@H]3C)[C@@]3(C=O)C[C@@H]1C=C(C(C)C)[C@]23C(=O)O. The van der Waals surface area contributed by atoms with E-state index in [9.17, 15) is 14.7 Å². The Labute approximate surface area is 161 Å². The van der Waals surface area contributed by atoms with E-state index in [0.29, 0.717) is 24.9 Å². The highest BCUT2D eigenvalue weighted by atomic mass is 16.5. The maximum Gasteiger partial charge on any atom is 0.315 e. The van der Waals surface area contributed by atoms with Gasteiger partial charge in [0.25, 0.3) is 0 Å². The monoisotopic (exact) mass is 376 g/mol. The molecule has 0 aliphatic heterocycles. The van der Waals surface area contributed by atoms with E-state index in [1.54, 1.807) is 14.2 Å². The molecule has 0 aromatic heterocycles. The van der Waals surface area contributed by atoms with Crippen LogP contribution in [0.4, 0.5) is 0 Å². The fourth-order valence-corrected chi connectivity index (χ4v) is 8.15. The van der Waals surface area contributed by atoms with Crippen LogP contribution in [0.5, 0.6) is 0 Å². The number of carboxylic acid groups (broad SMARTS) is 1. The van der Waals surface area contributed by atoms with E-state index in [-0.39, 0.29) is 23.9 Å². The van der Waals surface area contributed by atoms with Gasteiger partial charge in [-0.1, -0.05) is 32.4 Å². The van der Waals surface area contributed by atoms with Crippen LogP contribution in [0.2, 0.25) is 0 Å². The van der Waals surface area contributed by atoms with Crippen molar-refractivity contribution in [3.63, 3.8) is 0 Å². The van der Waals surface area contributed by atoms with Crippen LogP contribution >= 0.6 is 0 Å². The standard InChI is InChI=1S/C22H32O5/c1-12(2)16-6-14-8-20(10-23)17-7-18(27-5)13(3)15(17)9-21(14,11-26-4)22(16,20)19(24)25/h6,10,12-15,17-18H,7-9,11H2,1-5H3,(H,24,25)/t13-,14-,15?,17?,18-,20-,21?,22+/m0/s1. The zero-order valence-corrected chi connectivity index (χ0v) is 17.0. The highest BCUT2D eigenvalue weighted by Crippen LogP contribution is 2.82. The third-order valence-corrected chi connectivity index (χ3v) is 8.91. The topological polar surface area (TPSA) is 72.8 Å². The fraction of sp³-hybridized carbons (Fsp3) is 0.818. The largest absolute Gasteiger partial charge is 0.481 e. The van der Waals surface area contributed by atoms with Crippen LogP contribution in [-0.4, -0.2) is 44.3 Å². The van der Waals surface area contributed by atoms with Gasteiger partial charge in [0.1, 0.15) is 11.7 Å². The summed E-state index contributed by atoms with van der Waals surface area (Å²) in [6, 6.07) is 0.